The highest BCUT2D eigenvalue weighted by Gasteiger charge is 2.32. The first-order valence-corrected chi connectivity index (χ1v) is 4.96. The van der Waals surface area contributed by atoms with E-state index in [9.17, 15) is 4.79 Å². The molecule has 0 N–H and O–H groups in total. The summed E-state index contributed by atoms with van der Waals surface area (Å²) < 4.78 is 5.22. The zero-order valence-corrected chi connectivity index (χ0v) is 8.91. The molecule has 1 atom stereocenters. The van der Waals surface area contributed by atoms with E-state index >= 15 is 0 Å². The molecule has 0 radical (unpaired) electrons. The van der Waals surface area contributed by atoms with E-state index < -0.39 is 0 Å². The Hall–Kier alpha value is -0.730. The van der Waals surface area contributed by atoms with Gasteiger partial charge in [-0.3, -0.25) is 0 Å². The van der Waals surface area contributed by atoms with E-state index in [0.717, 1.165) is 13.1 Å². The third-order valence-electron chi connectivity index (χ3n) is 2.24. The summed E-state index contributed by atoms with van der Waals surface area (Å²) in [4.78, 5) is 13.1. The molecular formula is C10H19NO2. The van der Waals surface area contributed by atoms with E-state index in [1.165, 1.54) is 0 Å². The molecule has 0 aromatic rings. The summed E-state index contributed by atoms with van der Waals surface area (Å²) in [6.45, 7) is 9.94. The molecule has 1 rings (SSSR count). The molecule has 0 aromatic heterocycles. The Morgan fingerprint density at radius 3 is 2.46 bits per heavy atom. The van der Waals surface area contributed by atoms with Crippen molar-refractivity contribution in [3.05, 3.63) is 0 Å². The summed E-state index contributed by atoms with van der Waals surface area (Å²) >= 11 is 0. The Bertz CT molecular complexity index is 189. The van der Waals surface area contributed by atoms with E-state index in [-0.39, 0.29) is 12.2 Å². The molecule has 1 fully saturated rings. The van der Waals surface area contributed by atoms with Crippen LogP contribution in [0.2, 0.25) is 0 Å². The topological polar surface area (TPSA) is 29.5 Å². The summed E-state index contributed by atoms with van der Waals surface area (Å²) in [7, 11) is 0. The lowest BCUT2D eigenvalue weighted by Gasteiger charge is -2.15. The highest BCUT2D eigenvalue weighted by atomic mass is 16.6. The monoisotopic (exact) mass is 185 g/mol. The van der Waals surface area contributed by atoms with Crippen LogP contribution < -0.4 is 0 Å². The van der Waals surface area contributed by atoms with E-state index in [2.05, 4.69) is 27.7 Å². The fourth-order valence-corrected chi connectivity index (χ4v) is 1.47. The van der Waals surface area contributed by atoms with Gasteiger partial charge in [-0.2, -0.15) is 0 Å². The molecule has 76 valence electrons. The highest BCUT2D eigenvalue weighted by molar-refractivity contribution is 5.69. The molecule has 0 aromatic carbocycles. The number of carbonyl (C=O) groups excluding carboxylic acids is 1. The van der Waals surface area contributed by atoms with Gasteiger partial charge in [-0.15, -0.1) is 0 Å². The Labute approximate surface area is 80.1 Å². The van der Waals surface area contributed by atoms with Gasteiger partial charge < -0.3 is 9.64 Å². The van der Waals surface area contributed by atoms with Gasteiger partial charge in [0.05, 0.1) is 6.54 Å². The zero-order valence-electron chi connectivity index (χ0n) is 8.91. The second-order valence-corrected chi connectivity index (χ2v) is 4.47. The maximum Gasteiger partial charge on any atom is 0.410 e. The predicted molar refractivity (Wildman–Crippen MR) is 51.5 cm³/mol. The first-order valence-electron chi connectivity index (χ1n) is 4.96. The summed E-state index contributed by atoms with van der Waals surface area (Å²) in [5.74, 6) is 0.930. The predicted octanol–water partition coefficient (Wildman–Crippen LogP) is 2.12. The highest BCUT2D eigenvalue weighted by Crippen LogP contribution is 2.18. The Morgan fingerprint density at radius 2 is 2.08 bits per heavy atom. The van der Waals surface area contributed by atoms with E-state index in [4.69, 9.17) is 4.74 Å². The number of hydrogen-bond acceptors (Lipinski definition) is 2. The quantitative estimate of drug-likeness (QED) is 0.674. The fourth-order valence-electron chi connectivity index (χ4n) is 1.47. The number of nitrogens with zero attached hydrogens (tertiary/aromatic N) is 1. The molecule has 13 heavy (non-hydrogen) atoms. The van der Waals surface area contributed by atoms with Crippen LogP contribution in [0.5, 0.6) is 0 Å². The van der Waals surface area contributed by atoms with Crippen LogP contribution in [0.25, 0.3) is 0 Å². The lowest BCUT2D eigenvalue weighted by atomic mass is 10.1. The average molecular weight is 185 g/mol. The Kier molecular flexibility index (Phi) is 3.17. The maximum absolute atomic E-state index is 11.3. The standard InChI is InChI=1S/C10H19NO2/c1-7(2)5-11-6-9(8(3)4)13-10(11)12/h7-9H,5-6H2,1-4H3/t9-/m1/s1. The molecule has 0 spiro atoms. The normalized spacial score (nSPS) is 23.1. The van der Waals surface area contributed by atoms with Crippen LogP contribution in [-0.4, -0.2) is 30.2 Å². The third kappa shape index (κ3) is 2.61. The minimum absolute atomic E-state index is 0.0891. The van der Waals surface area contributed by atoms with Crippen molar-refractivity contribution in [3.8, 4) is 0 Å². The van der Waals surface area contributed by atoms with Crippen molar-refractivity contribution in [2.24, 2.45) is 11.8 Å². The number of cyclic esters (lactones) is 1. The van der Waals surface area contributed by atoms with Gasteiger partial charge in [-0.05, 0) is 11.8 Å². The van der Waals surface area contributed by atoms with Crippen molar-refractivity contribution < 1.29 is 9.53 Å². The maximum atomic E-state index is 11.3. The van der Waals surface area contributed by atoms with Crippen LogP contribution >= 0.6 is 0 Å². The van der Waals surface area contributed by atoms with Crippen LogP contribution in [0.15, 0.2) is 0 Å². The van der Waals surface area contributed by atoms with Crippen LogP contribution in [0.1, 0.15) is 27.7 Å². The van der Waals surface area contributed by atoms with Crippen molar-refractivity contribution in [1.82, 2.24) is 4.90 Å². The van der Waals surface area contributed by atoms with Gasteiger partial charge in [-0.25, -0.2) is 4.79 Å². The summed E-state index contributed by atoms with van der Waals surface area (Å²) in [6, 6.07) is 0. The molecule has 1 amide bonds. The SMILES string of the molecule is CC(C)CN1C[C@H](C(C)C)OC1=O. The minimum atomic E-state index is -0.146. The van der Waals surface area contributed by atoms with E-state index in [1.54, 1.807) is 4.90 Å². The molecule has 0 saturated carbocycles. The summed E-state index contributed by atoms with van der Waals surface area (Å²) in [5.41, 5.74) is 0. The van der Waals surface area contributed by atoms with Gasteiger partial charge in [0, 0.05) is 6.54 Å². The molecule has 0 bridgehead atoms. The van der Waals surface area contributed by atoms with E-state index in [1.807, 2.05) is 0 Å². The Morgan fingerprint density at radius 1 is 1.46 bits per heavy atom. The second kappa shape index (κ2) is 3.99. The van der Waals surface area contributed by atoms with E-state index in [0.29, 0.717) is 11.8 Å². The van der Waals surface area contributed by atoms with Crippen LogP contribution in [0, 0.1) is 11.8 Å². The van der Waals surface area contributed by atoms with Crippen molar-refractivity contribution >= 4 is 6.09 Å². The van der Waals surface area contributed by atoms with Crippen molar-refractivity contribution in [2.45, 2.75) is 33.8 Å². The lowest BCUT2D eigenvalue weighted by Crippen LogP contribution is -2.29. The first kappa shape index (κ1) is 10.4. The second-order valence-electron chi connectivity index (χ2n) is 4.47. The van der Waals surface area contributed by atoms with Crippen molar-refractivity contribution in [2.75, 3.05) is 13.1 Å². The largest absolute Gasteiger partial charge is 0.444 e. The van der Waals surface area contributed by atoms with Crippen molar-refractivity contribution in [3.63, 3.8) is 0 Å². The number of hydrogen-bond donors (Lipinski definition) is 0. The lowest BCUT2D eigenvalue weighted by molar-refractivity contribution is 0.111. The zero-order chi connectivity index (χ0) is 10.0. The molecule has 3 nitrogen and oxygen atoms in total. The molecule has 3 heteroatoms. The minimum Gasteiger partial charge on any atom is -0.444 e. The third-order valence-corrected chi connectivity index (χ3v) is 2.24. The molecule has 0 unspecified atom stereocenters. The molecule has 0 aliphatic carbocycles. The number of rotatable bonds is 3. The average Bonchev–Trinajstić information content (AvgIpc) is 2.31. The van der Waals surface area contributed by atoms with Gasteiger partial charge in [0.25, 0.3) is 0 Å². The van der Waals surface area contributed by atoms with Gasteiger partial charge >= 0.3 is 6.09 Å². The molecule has 1 aliphatic rings. The summed E-state index contributed by atoms with van der Waals surface area (Å²) in [5, 5.41) is 0. The summed E-state index contributed by atoms with van der Waals surface area (Å²) in [6.07, 6.45) is -0.0568. The van der Waals surface area contributed by atoms with Gasteiger partial charge in [-0.1, -0.05) is 27.7 Å². The Balaban J connectivity index is 2.47. The van der Waals surface area contributed by atoms with Crippen LogP contribution in [0.4, 0.5) is 4.79 Å². The first-order chi connectivity index (χ1) is 6.00. The van der Waals surface area contributed by atoms with Crippen LogP contribution in [0.3, 0.4) is 0 Å². The molecule has 1 aliphatic heterocycles. The molecular weight excluding hydrogens is 166 g/mol. The van der Waals surface area contributed by atoms with Gasteiger partial charge in [0.1, 0.15) is 6.10 Å². The smallest absolute Gasteiger partial charge is 0.410 e. The molecule has 1 heterocycles. The van der Waals surface area contributed by atoms with Crippen molar-refractivity contribution in [1.29, 1.82) is 0 Å². The molecule has 1 saturated heterocycles. The fraction of sp³-hybridized carbons (Fsp3) is 0.900. The number of amides is 1. The number of ether oxygens (including phenoxy) is 1. The number of carbonyl (C=O) groups is 1. The van der Waals surface area contributed by atoms with Gasteiger partial charge in [0.2, 0.25) is 0 Å². The van der Waals surface area contributed by atoms with Crippen LogP contribution in [-0.2, 0) is 4.74 Å². The van der Waals surface area contributed by atoms with Gasteiger partial charge in [0.15, 0.2) is 0 Å².